The summed E-state index contributed by atoms with van der Waals surface area (Å²) in [5.74, 6) is 0.890. The van der Waals surface area contributed by atoms with E-state index in [1.807, 2.05) is 30.7 Å². The summed E-state index contributed by atoms with van der Waals surface area (Å²) in [4.78, 5) is 0. The van der Waals surface area contributed by atoms with Crippen LogP contribution >= 0.6 is 15.9 Å². The van der Waals surface area contributed by atoms with E-state index in [4.69, 9.17) is 4.42 Å². The van der Waals surface area contributed by atoms with E-state index in [0.29, 0.717) is 12.8 Å². The normalized spacial score (nSPS) is 13.2. The van der Waals surface area contributed by atoms with Crippen molar-refractivity contribution >= 4 is 15.9 Å². The molecule has 2 heterocycles. The number of hydrogen-bond donors (Lipinski definition) is 1. The molecule has 0 saturated carbocycles. The summed E-state index contributed by atoms with van der Waals surface area (Å²) in [6, 6.07) is 4.00. The van der Waals surface area contributed by atoms with Crippen molar-refractivity contribution in [3.63, 3.8) is 0 Å². The van der Waals surface area contributed by atoms with E-state index in [1.54, 1.807) is 12.5 Å². The highest BCUT2D eigenvalue weighted by Crippen LogP contribution is 2.28. The molecular formula is C13H17BrN2O2. The van der Waals surface area contributed by atoms with Gasteiger partial charge >= 0.3 is 0 Å². The molecule has 1 N–H and O–H groups in total. The van der Waals surface area contributed by atoms with Crippen molar-refractivity contribution in [2.75, 3.05) is 0 Å². The summed E-state index contributed by atoms with van der Waals surface area (Å²) >= 11 is 3.44. The predicted molar refractivity (Wildman–Crippen MR) is 72.3 cm³/mol. The van der Waals surface area contributed by atoms with Crippen LogP contribution in [0.25, 0.3) is 0 Å². The fourth-order valence-corrected chi connectivity index (χ4v) is 2.48. The maximum atomic E-state index is 10.3. The first-order valence-corrected chi connectivity index (χ1v) is 6.82. The molecule has 0 aliphatic heterocycles. The maximum Gasteiger partial charge on any atom is 0.103 e. The molecular weight excluding hydrogens is 296 g/mol. The molecule has 2 aromatic heterocycles. The Bertz CT molecular complexity index is 491. The molecule has 98 valence electrons. The molecule has 1 atom stereocenters. The standard InChI is InChI=1S/C13H17BrN2O2/c1-9(2)16-13(11(14)8-15-16)12(17)6-5-10-4-3-7-18-10/h3-4,7-9,12,17H,5-6H2,1-2H3. The van der Waals surface area contributed by atoms with Gasteiger partial charge in [0.05, 0.1) is 28.7 Å². The van der Waals surface area contributed by atoms with E-state index in [-0.39, 0.29) is 6.04 Å². The number of rotatable bonds is 5. The second-order valence-electron chi connectivity index (χ2n) is 4.55. The van der Waals surface area contributed by atoms with Gasteiger partial charge in [0.2, 0.25) is 0 Å². The molecule has 1 unspecified atom stereocenters. The second kappa shape index (κ2) is 5.71. The minimum absolute atomic E-state index is 0.226. The van der Waals surface area contributed by atoms with Crippen LogP contribution in [0.1, 0.15) is 43.9 Å². The molecule has 18 heavy (non-hydrogen) atoms. The van der Waals surface area contributed by atoms with E-state index in [9.17, 15) is 5.11 Å². The molecule has 2 aromatic rings. The van der Waals surface area contributed by atoms with Crippen LogP contribution in [0.5, 0.6) is 0 Å². The van der Waals surface area contributed by atoms with Crippen molar-refractivity contribution in [2.45, 2.75) is 38.8 Å². The highest BCUT2D eigenvalue weighted by molar-refractivity contribution is 9.10. The molecule has 0 amide bonds. The average molecular weight is 313 g/mol. The molecule has 5 heteroatoms. The lowest BCUT2D eigenvalue weighted by Crippen LogP contribution is -2.12. The molecule has 0 fully saturated rings. The Hall–Kier alpha value is -1.07. The van der Waals surface area contributed by atoms with Gasteiger partial charge in [0.1, 0.15) is 5.76 Å². The van der Waals surface area contributed by atoms with Crippen LogP contribution in [0, 0.1) is 0 Å². The number of hydrogen-bond acceptors (Lipinski definition) is 3. The smallest absolute Gasteiger partial charge is 0.103 e. The third-order valence-corrected chi connectivity index (χ3v) is 3.45. The first kappa shape index (κ1) is 13.4. The predicted octanol–water partition coefficient (Wildman–Crippen LogP) is 3.49. The van der Waals surface area contributed by atoms with E-state index < -0.39 is 6.10 Å². The molecule has 0 aromatic carbocycles. The number of aryl methyl sites for hydroxylation is 1. The van der Waals surface area contributed by atoms with E-state index >= 15 is 0 Å². The van der Waals surface area contributed by atoms with Crippen LogP contribution in [-0.4, -0.2) is 14.9 Å². The zero-order valence-electron chi connectivity index (χ0n) is 10.5. The molecule has 0 spiro atoms. The molecule has 0 aliphatic carbocycles. The average Bonchev–Trinajstić information content (AvgIpc) is 2.94. The van der Waals surface area contributed by atoms with Crippen LogP contribution in [0.15, 0.2) is 33.5 Å². The van der Waals surface area contributed by atoms with Crippen LogP contribution in [0.4, 0.5) is 0 Å². The van der Waals surface area contributed by atoms with Crippen LogP contribution in [0.3, 0.4) is 0 Å². The van der Waals surface area contributed by atoms with Crippen LogP contribution in [0.2, 0.25) is 0 Å². The second-order valence-corrected chi connectivity index (χ2v) is 5.40. The Labute approximate surface area is 115 Å². The summed E-state index contributed by atoms with van der Waals surface area (Å²) in [5, 5.41) is 14.6. The highest BCUT2D eigenvalue weighted by atomic mass is 79.9. The van der Waals surface area contributed by atoms with E-state index in [1.165, 1.54) is 0 Å². The Balaban J connectivity index is 2.08. The van der Waals surface area contributed by atoms with Gasteiger partial charge < -0.3 is 9.52 Å². The van der Waals surface area contributed by atoms with E-state index in [2.05, 4.69) is 21.0 Å². The summed E-state index contributed by atoms with van der Waals surface area (Å²) in [6.07, 6.45) is 4.16. The lowest BCUT2D eigenvalue weighted by atomic mass is 10.1. The topological polar surface area (TPSA) is 51.2 Å². The summed E-state index contributed by atoms with van der Waals surface area (Å²) < 4.78 is 7.96. The summed E-state index contributed by atoms with van der Waals surface area (Å²) in [6.45, 7) is 4.09. The molecule has 0 radical (unpaired) electrons. The molecule has 0 aliphatic rings. The molecule has 0 saturated heterocycles. The quantitative estimate of drug-likeness (QED) is 0.919. The van der Waals surface area contributed by atoms with Crippen molar-refractivity contribution in [1.82, 2.24) is 9.78 Å². The van der Waals surface area contributed by atoms with Gasteiger partial charge in [-0.3, -0.25) is 4.68 Å². The summed E-state index contributed by atoms with van der Waals surface area (Å²) in [7, 11) is 0. The number of aliphatic hydroxyl groups is 1. The van der Waals surface area contributed by atoms with Gasteiger partial charge in [-0.15, -0.1) is 0 Å². The van der Waals surface area contributed by atoms with Crippen molar-refractivity contribution in [2.24, 2.45) is 0 Å². The zero-order valence-corrected chi connectivity index (χ0v) is 12.1. The fraction of sp³-hybridized carbons (Fsp3) is 0.462. The van der Waals surface area contributed by atoms with Gasteiger partial charge in [-0.25, -0.2) is 0 Å². The maximum absolute atomic E-state index is 10.3. The lowest BCUT2D eigenvalue weighted by molar-refractivity contribution is 0.151. The van der Waals surface area contributed by atoms with Gasteiger partial charge in [-0.05, 0) is 48.3 Å². The number of nitrogens with zero attached hydrogens (tertiary/aromatic N) is 2. The Morgan fingerprint density at radius 2 is 2.28 bits per heavy atom. The first-order chi connectivity index (χ1) is 8.59. The number of aromatic nitrogens is 2. The minimum atomic E-state index is -0.547. The van der Waals surface area contributed by atoms with Crippen molar-refractivity contribution < 1.29 is 9.52 Å². The monoisotopic (exact) mass is 312 g/mol. The van der Waals surface area contributed by atoms with Gasteiger partial charge in [-0.2, -0.15) is 5.10 Å². The SMILES string of the molecule is CC(C)n1ncc(Br)c1C(O)CCc1ccco1. The van der Waals surface area contributed by atoms with Gasteiger partial charge in [-0.1, -0.05) is 0 Å². The molecule has 0 bridgehead atoms. The van der Waals surface area contributed by atoms with Crippen LogP contribution in [-0.2, 0) is 6.42 Å². The summed E-state index contributed by atoms with van der Waals surface area (Å²) in [5.41, 5.74) is 0.830. The number of halogens is 1. The third-order valence-electron chi connectivity index (χ3n) is 2.84. The Morgan fingerprint density at radius 3 is 2.89 bits per heavy atom. The molecule has 2 rings (SSSR count). The lowest BCUT2D eigenvalue weighted by Gasteiger charge is -2.16. The highest BCUT2D eigenvalue weighted by Gasteiger charge is 2.19. The largest absolute Gasteiger partial charge is 0.469 e. The minimum Gasteiger partial charge on any atom is -0.469 e. The van der Waals surface area contributed by atoms with Crippen LogP contribution < -0.4 is 0 Å². The van der Waals surface area contributed by atoms with Crippen molar-refractivity contribution in [1.29, 1.82) is 0 Å². The third kappa shape index (κ3) is 2.84. The zero-order chi connectivity index (χ0) is 13.1. The Kier molecular flexibility index (Phi) is 4.24. The first-order valence-electron chi connectivity index (χ1n) is 6.03. The van der Waals surface area contributed by atoms with Crippen molar-refractivity contribution in [3.8, 4) is 0 Å². The van der Waals surface area contributed by atoms with Gasteiger partial charge in [0.25, 0.3) is 0 Å². The number of aliphatic hydroxyl groups excluding tert-OH is 1. The van der Waals surface area contributed by atoms with Gasteiger partial charge in [0.15, 0.2) is 0 Å². The van der Waals surface area contributed by atoms with Crippen molar-refractivity contribution in [3.05, 3.63) is 40.5 Å². The van der Waals surface area contributed by atoms with E-state index in [0.717, 1.165) is 15.9 Å². The van der Waals surface area contributed by atoms with Gasteiger partial charge in [0, 0.05) is 12.5 Å². The fourth-order valence-electron chi connectivity index (χ4n) is 1.94. The molecule has 4 nitrogen and oxygen atoms in total. The number of furan rings is 1. The Morgan fingerprint density at radius 1 is 1.50 bits per heavy atom.